The molecule has 114 valence electrons. The zero-order valence-corrected chi connectivity index (χ0v) is 14.5. The number of hydrogen-bond acceptors (Lipinski definition) is 4. The molecule has 0 spiro atoms. The maximum atomic E-state index is 11.1. The number of aryl methyl sites for hydroxylation is 2. The number of carbonyl (C=O) groups is 1. The van der Waals surface area contributed by atoms with E-state index in [4.69, 9.17) is 5.73 Å². The van der Waals surface area contributed by atoms with Crippen molar-refractivity contribution < 1.29 is 4.79 Å². The Morgan fingerprint density at radius 2 is 2.05 bits per heavy atom. The van der Waals surface area contributed by atoms with E-state index in [1.807, 2.05) is 22.8 Å². The largest absolute Gasteiger partial charge is 0.366 e. The molecular weight excluding hydrogens is 300 g/mol. The molecule has 2 rings (SSSR count). The van der Waals surface area contributed by atoms with Gasteiger partial charge >= 0.3 is 0 Å². The number of hydrogen-bond donors (Lipinski definition) is 2. The topological polar surface area (TPSA) is 55.1 Å². The van der Waals surface area contributed by atoms with Crippen LogP contribution >= 0.6 is 22.7 Å². The summed E-state index contributed by atoms with van der Waals surface area (Å²) in [6.07, 6.45) is 0. The van der Waals surface area contributed by atoms with Crippen LogP contribution in [-0.2, 0) is 6.54 Å². The second kappa shape index (κ2) is 6.73. The lowest BCUT2D eigenvalue weighted by Crippen LogP contribution is -2.25. The molecule has 0 aliphatic heterocycles. The summed E-state index contributed by atoms with van der Waals surface area (Å²) in [7, 11) is 0. The summed E-state index contributed by atoms with van der Waals surface area (Å²) in [6.45, 7) is 9.55. The first-order chi connectivity index (χ1) is 9.88. The van der Waals surface area contributed by atoms with Crippen LogP contribution in [-0.4, -0.2) is 5.91 Å². The Bertz CT molecular complexity index is 628. The van der Waals surface area contributed by atoms with Crippen molar-refractivity contribution >= 4 is 28.6 Å². The highest BCUT2D eigenvalue weighted by Gasteiger charge is 2.19. The van der Waals surface area contributed by atoms with Gasteiger partial charge in [-0.1, -0.05) is 13.8 Å². The Morgan fingerprint density at radius 1 is 1.33 bits per heavy atom. The smallest absolute Gasteiger partial charge is 0.249 e. The van der Waals surface area contributed by atoms with Crippen molar-refractivity contribution in [3.63, 3.8) is 0 Å². The van der Waals surface area contributed by atoms with Crippen LogP contribution in [0.5, 0.6) is 0 Å². The molecule has 1 amide bonds. The van der Waals surface area contributed by atoms with Gasteiger partial charge in [0, 0.05) is 32.6 Å². The van der Waals surface area contributed by atoms with E-state index in [-0.39, 0.29) is 5.91 Å². The van der Waals surface area contributed by atoms with E-state index >= 15 is 0 Å². The fraction of sp³-hybridized carbons (Fsp3) is 0.438. The van der Waals surface area contributed by atoms with E-state index in [0.717, 1.165) is 11.4 Å². The molecule has 0 aromatic carbocycles. The Hall–Kier alpha value is -1.17. The zero-order valence-electron chi connectivity index (χ0n) is 12.9. The van der Waals surface area contributed by atoms with Gasteiger partial charge in [0.15, 0.2) is 0 Å². The first-order valence-corrected chi connectivity index (χ1v) is 8.75. The molecule has 2 aromatic heterocycles. The summed E-state index contributed by atoms with van der Waals surface area (Å²) < 4.78 is 0. The molecular formula is C16H22N2OS2. The monoisotopic (exact) mass is 322 g/mol. The Kier molecular flexibility index (Phi) is 5.19. The summed E-state index contributed by atoms with van der Waals surface area (Å²) in [5.74, 6) is 0.149. The standard InChI is InChI=1S/C16H22N2OS2/c1-9(2)15(14-5-10(3)21-11(14)4)18-7-13-6-12(8-20-13)16(17)19/h5-6,8-9,15,18H,7H2,1-4H3,(H2,17,19). The number of primary amides is 1. The van der Waals surface area contributed by atoms with E-state index in [2.05, 4.69) is 39.1 Å². The molecule has 3 N–H and O–H groups in total. The second-order valence-corrected chi connectivity index (χ2v) is 8.09. The maximum Gasteiger partial charge on any atom is 0.249 e. The highest BCUT2D eigenvalue weighted by atomic mass is 32.1. The van der Waals surface area contributed by atoms with Gasteiger partial charge in [0.25, 0.3) is 0 Å². The van der Waals surface area contributed by atoms with E-state index in [0.29, 0.717) is 17.5 Å². The van der Waals surface area contributed by atoms with Crippen LogP contribution < -0.4 is 11.1 Å². The average Bonchev–Trinajstić information content (AvgIpc) is 2.97. The first-order valence-electron chi connectivity index (χ1n) is 7.06. The number of nitrogens with two attached hydrogens (primary N) is 1. The number of thiophene rings is 2. The van der Waals surface area contributed by atoms with Crippen LogP contribution in [0.2, 0.25) is 0 Å². The van der Waals surface area contributed by atoms with Crippen molar-refractivity contribution in [3.8, 4) is 0 Å². The minimum Gasteiger partial charge on any atom is -0.366 e. The summed E-state index contributed by atoms with van der Waals surface area (Å²) >= 11 is 3.42. The van der Waals surface area contributed by atoms with Crippen molar-refractivity contribution in [3.05, 3.63) is 43.3 Å². The predicted molar refractivity (Wildman–Crippen MR) is 91.0 cm³/mol. The highest BCUT2D eigenvalue weighted by Crippen LogP contribution is 2.31. The number of carbonyl (C=O) groups excluding carboxylic acids is 1. The Balaban J connectivity index is 2.10. The first kappa shape index (κ1) is 16.2. The predicted octanol–water partition coefficient (Wildman–Crippen LogP) is 4.01. The van der Waals surface area contributed by atoms with Crippen molar-refractivity contribution in [2.75, 3.05) is 0 Å². The molecule has 21 heavy (non-hydrogen) atoms. The molecule has 0 saturated heterocycles. The molecule has 2 aromatic rings. The third-order valence-corrected chi connectivity index (χ3v) is 5.43. The fourth-order valence-electron chi connectivity index (χ4n) is 2.48. The van der Waals surface area contributed by atoms with Gasteiger partial charge < -0.3 is 11.1 Å². The Labute approximate surface area is 134 Å². The lowest BCUT2D eigenvalue weighted by atomic mass is 9.96. The minimum absolute atomic E-state index is 0.328. The zero-order chi connectivity index (χ0) is 15.6. The van der Waals surface area contributed by atoms with Crippen molar-refractivity contribution in [2.24, 2.45) is 11.7 Å². The molecule has 5 heteroatoms. The summed E-state index contributed by atoms with van der Waals surface area (Å²) in [6, 6.07) is 4.48. The summed E-state index contributed by atoms with van der Waals surface area (Å²) in [4.78, 5) is 15.0. The van der Waals surface area contributed by atoms with Crippen LogP contribution in [0.3, 0.4) is 0 Å². The molecule has 1 atom stereocenters. The molecule has 0 aliphatic rings. The number of amides is 1. The van der Waals surface area contributed by atoms with E-state index < -0.39 is 0 Å². The quantitative estimate of drug-likeness (QED) is 0.844. The molecule has 3 nitrogen and oxygen atoms in total. The lowest BCUT2D eigenvalue weighted by molar-refractivity contribution is 0.100. The highest BCUT2D eigenvalue weighted by molar-refractivity contribution is 7.12. The summed E-state index contributed by atoms with van der Waals surface area (Å²) in [5, 5.41) is 5.45. The van der Waals surface area contributed by atoms with Crippen molar-refractivity contribution in [2.45, 2.75) is 40.3 Å². The average molecular weight is 322 g/mol. The maximum absolute atomic E-state index is 11.1. The third-order valence-electron chi connectivity index (χ3n) is 3.52. The van der Waals surface area contributed by atoms with Crippen LogP contribution in [0.15, 0.2) is 17.5 Å². The third kappa shape index (κ3) is 3.93. The van der Waals surface area contributed by atoms with Gasteiger partial charge in [-0.3, -0.25) is 4.79 Å². The molecule has 0 saturated carbocycles. The van der Waals surface area contributed by atoms with Gasteiger partial charge in [-0.2, -0.15) is 0 Å². The molecule has 1 unspecified atom stereocenters. The second-order valence-electron chi connectivity index (χ2n) is 5.64. The van der Waals surface area contributed by atoms with E-state index in [1.54, 1.807) is 11.3 Å². The minimum atomic E-state index is -0.359. The molecule has 2 heterocycles. The lowest BCUT2D eigenvalue weighted by Gasteiger charge is -2.22. The molecule has 0 bridgehead atoms. The van der Waals surface area contributed by atoms with Crippen LogP contribution in [0.25, 0.3) is 0 Å². The summed E-state index contributed by atoms with van der Waals surface area (Å²) in [5.41, 5.74) is 7.28. The molecule has 0 radical (unpaired) electrons. The van der Waals surface area contributed by atoms with E-state index in [9.17, 15) is 4.79 Å². The molecule has 0 aliphatic carbocycles. The van der Waals surface area contributed by atoms with Crippen LogP contribution in [0.4, 0.5) is 0 Å². The van der Waals surface area contributed by atoms with Crippen molar-refractivity contribution in [1.29, 1.82) is 0 Å². The van der Waals surface area contributed by atoms with Gasteiger partial charge in [0.05, 0.1) is 5.56 Å². The molecule has 0 fully saturated rings. The number of rotatable bonds is 6. The fourth-order valence-corrected chi connectivity index (χ4v) is 4.27. The van der Waals surface area contributed by atoms with Gasteiger partial charge in [-0.05, 0) is 37.5 Å². The van der Waals surface area contributed by atoms with Gasteiger partial charge in [0.1, 0.15) is 0 Å². The van der Waals surface area contributed by atoms with Gasteiger partial charge in [-0.25, -0.2) is 0 Å². The van der Waals surface area contributed by atoms with Crippen LogP contribution in [0.1, 0.15) is 50.4 Å². The van der Waals surface area contributed by atoms with Gasteiger partial charge in [0.2, 0.25) is 5.91 Å². The van der Waals surface area contributed by atoms with Gasteiger partial charge in [-0.15, -0.1) is 22.7 Å². The number of nitrogens with one attached hydrogen (secondary N) is 1. The van der Waals surface area contributed by atoms with Crippen LogP contribution in [0, 0.1) is 19.8 Å². The van der Waals surface area contributed by atoms with Crippen molar-refractivity contribution in [1.82, 2.24) is 5.32 Å². The normalized spacial score (nSPS) is 12.8. The Morgan fingerprint density at radius 3 is 2.52 bits per heavy atom. The SMILES string of the molecule is Cc1cc(C(NCc2cc(C(N)=O)cs2)C(C)C)c(C)s1. The van der Waals surface area contributed by atoms with E-state index in [1.165, 1.54) is 15.3 Å².